The van der Waals surface area contributed by atoms with E-state index in [1.165, 1.54) is 0 Å². The molecule has 9 heteroatoms. The van der Waals surface area contributed by atoms with Crippen molar-refractivity contribution in [2.24, 2.45) is 5.92 Å². The lowest BCUT2D eigenvalue weighted by atomic mass is 9.83. The van der Waals surface area contributed by atoms with Gasteiger partial charge < -0.3 is 24.4 Å². The molecule has 0 saturated carbocycles. The number of benzene rings is 4. The van der Waals surface area contributed by atoms with Crippen LogP contribution in [-0.4, -0.2) is 53.6 Å². The van der Waals surface area contributed by atoms with Crippen LogP contribution in [0.1, 0.15) is 36.5 Å². The number of aliphatic hydroxyl groups is 1. The van der Waals surface area contributed by atoms with Crippen LogP contribution in [0.15, 0.2) is 103 Å². The predicted octanol–water partition coefficient (Wildman–Crippen LogP) is 5.32. The molecular formula is C38H37N3O6. The van der Waals surface area contributed by atoms with Crippen molar-refractivity contribution in [2.45, 2.75) is 44.6 Å². The van der Waals surface area contributed by atoms with Gasteiger partial charge in [-0.15, -0.1) is 0 Å². The molecule has 4 aromatic carbocycles. The SMILES string of the molecule is C[C@H]1C[C@@H](CC(=O)N(CCO)Cc2ccccc2)O[C@]12C(=O)N(Cc1cccc(N3C(=O)COc4ccccc43)c1)c1ccccc12. The monoisotopic (exact) mass is 631 g/mol. The second-order valence-electron chi connectivity index (χ2n) is 12.4. The van der Waals surface area contributed by atoms with Crippen LogP contribution in [0, 0.1) is 5.92 Å². The van der Waals surface area contributed by atoms with E-state index in [1.807, 2.05) is 110 Å². The van der Waals surface area contributed by atoms with E-state index in [0.717, 1.165) is 22.4 Å². The first kappa shape index (κ1) is 30.7. The Labute approximate surface area is 273 Å². The number of rotatable bonds is 9. The molecule has 1 N–H and O–H groups in total. The van der Waals surface area contributed by atoms with Crippen molar-refractivity contribution in [1.82, 2.24) is 4.90 Å². The second-order valence-corrected chi connectivity index (χ2v) is 12.4. The minimum absolute atomic E-state index is 0.0509. The average Bonchev–Trinajstić information content (AvgIpc) is 3.54. The van der Waals surface area contributed by atoms with E-state index in [1.54, 1.807) is 14.7 Å². The minimum atomic E-state index is -1.21. The molecule has 0 unspecified atom stereocenters. The zero-order valence-electron chi connectivity index (χ0n) is 26.2. The Morgan fingerprint density at radius 2 is 1.64 bits per heavy atom. The summed E-state index contributed by atoms with van der Waals surface area (Å²) < 4.78 is 12.3. The largest absolute Gasteiger partial charge is 0.482 e. The second kappa shape index (κ2) is 12.7. The Kier molecular flexibility index (Phi) is 8.26. The van der Waals surface area contributed by atoms with Gasteiger partial charge in [0.05, 0.1) is 37.1 Å². The third kappa shape index (κ3) is 5.55. The maximum atomic E-state index is 14.5. The van der Waals surface area contributed by atoms with Gasteiger partial charge in [0.1, 0.15) is 5.75 Å². The number of anilines is 3. The summed E-state index contributed by atoms with van der Waals surface area (Å²) in [6.45, 7) is 2.72. The molecule has 3 aliphatic rings. The summed E-state index contributed by atoms with van der Waals surface area (Å²) in [6.07, 6.45) is 0.208. The number of aliphatic hydroxyl groups excluding tert-OH is 1. The molecule has 1 saturated heterocycles. The fourth-order valence-electron chi connectivity index (χ4n) is 7.21. The zero-order chi connectivity index (χ0) is 32.5. The topological polar surface area (TPSA) is 99.6 Å². The highest BCUT2D eigenvalue weighted by molar-refractivity contribution is 6.08. The van der Waals surface area contributed by atoms with Crippen LogP contribution in [0.4, 0.5) is 17.1 Å². The fraction of sp³-hybridized carbons (Fsp3) is 0.289. The fourth-order valence-corrected chi connectivity index (χ4v) is 7.21. The van der Waals surface area contributed by atoms with Crippen molar-refractivity contribution in [3.63, 3.8) is 0 Å². The van der Waals surface area contributed by atoms with Gasteiger partial charge in [-0.05, 0) is 47.9 Å². The molecule has 3 aliphatic heterocycles. The molecule has 47 heavy (non-hydrogen) atoms. The molecule has 4 aromatic rings. The van der Waals surface area contributed by atoms with E-state index in [-0.39, 0.29) is 56.4 Å². The summed E-state index contributed by atoms with van der Waals surface area (Å²) in [5, 5.41) is 9.68. The molecular weight excluding hydrogens is 594 g/mol. The van der Waals surface area contributed by atoms with Crippen molar-refractivity contribution >= 4 is 34.8 Å². The Balaban J connectivity index is 1.12. The highest BCUT2D eigenvalue weighted by Crippen LogP contribution is 2.54. The minimum Gasteiger partial charge on any atom is -0.482 e. The molecule has 3 amide bonds. The Morgan fingerprint density at radius 1 is 0.915 bits per heavy atom. The third-order valence-corrected chi connectivity index (χ3v) is 9.38. The standard InChI is InChI=1S/C38H37N3O6/c1-26-20-30(22-35(43)39(18-19-42)23-27-10-3-2-4-11-27)47-38(26)31-14-5-6-15-32(31)40(37(38)45)24-28-12-9-13-29(21-28)41-33-16-7-8-17-34(33)46-25-36(41)44/h2-17,21,26,30,42H,18-20,22-25H2,1H3/t26-,30-,38+/m0/s1. The molecule has 3 atom stereocenters. The highest BCUT2D eigenvalue weighted by Gasteiger charge is 2.60. The number of ether oxygens (including phenoxy) is 2. The van der Waals surface area contributed by atoms with E-state index in [0.29, 0.717) is 30.1 Å². The normalized spacial score (nSPS) is 21.5. The number of amides is 3. The van der Waals surface area contributed by atoms with Crippen LogP contribution in [0.5, 0.6) is 5.75 Å². The number of nitrogens with zero attached hydrogens (tertiary/aromatic N) is 3. The van der Waals surface area contributed by atoms with Gasteiger partial charge in [-0.25, -0.2) is 0 Å². The van der Waals surface area contributed by atoms with Gasteiger partial charge >= 0.3 is 0 Å². The lowest BCUT2D eigenvalue weighted by Gasteiger charge is -2.30. The first-order valence-corrected chi connectivity index (χ1v) is 16.0. The van der Waals surface area contributed by atoms with Crippen molar-refractivity contribution in [1.29, 1.82) is 0 Å². The Morgan fingerprint density at radius 3 is 2.45 bits per heavy atom. The number of fused-ring (bicyclic) bond motifs is 3. The van der Waals surface area contributed by atoms with E-state index in [9.17, 15) is 19.5 Å². The third-order valence-electron chi connectivity index (χ3n) is 9.38. The molecule has 0 radical (unpaired) electrons. The lowest BCUT2D eigenvalue weighted by molar-refractivity contribution is -0.150. The van der Waals surface area contributed by atoms with Crippen LogP contribution in [0.2, 0.25) is 0 Å². The summed E-state index contributed by atoms with van der Waals surface area (Å²) in [5.74, 6) is 0.0216. The summed E-state index contributed by atoms with van der Waals surface area (Å²) in [4.78, 5) is 46.1. The molecule has 1 fully saturated rings. The molecule has 0 bridgehead atoms. The molecule has 7 rings (SSSR count). The molecule has 0 aliphatic carbocycles. The molecule has 3 heterocycles. The quantitative estimate of drug-likeness (QED) is 0.269. The first-order chi connectivity index (χ1) is 22.9. The van der Waals surface area contributed by atoms with Crippen molar-refractivity contribution < 1.29 is 29.0 Å². The maximum Gasteiger partial charge on any atom is 0.269 e. The van der Waals surface area contributed by atoms with Crippen LogP contribution in [-0.2, 0) is 37.8 Å². The first-order valence-electron chi connectivity index (χ1n) is 16.0. The van der Waals surface area contributed by atoms with Gasteiger partial charge in [0.2, 0.25) is 5.91 Å². The van der Waals surface area contributed by atoms with Gasteiger partial charge in [-0.1, -0.05) is 79.7 Å². The average molecular weight is 632 g/mol. The zero-order valence-corrected chi connectivity index (χ0v) is 26.2. The van der Waals surface area contributed by atoms with E-state index in [2.05, 4.69) is 0 Å². The van der Waals surface area contributed by atoms with Crippen molar-refractivity contribution in [3.8, 4) is 5.75 Å². The molecule has 240 valence electrons. The van der Waals surface area contributed by atoms with E-state index in [4.69, 9.17) is 9.47 Å². The van der Waals surface area contributed by atoms with Crippen LogP contribution < -0.4 is 14.5 Å². The van der Waals surface area contributed by atoms with Crippen molar-refractivity contribution in [3.05, 3.63) is 120 Å². The highest BCUT2D eigenvalue weighted by atomic mass is 16.5. The maximum absolute atomic E-state index is 14.5. The lowest BCUT2D eigenvalue weighted by Crippen LogP contribution is -2.44. The van der Waals surface area contributed by atoms with Crippen molar-refractivity contribution in [2.75, 3.05) is 29.6 Å². The summed E-state index contributed by atoms with van der Waals surface area (Å²) in [7, 11) is 0. The predicted molar refractivity (Wildman–Crippen MR) is 177 cm³/mol. The summed E-state index contributed by atoms with van der Waals surface area (Å²) in [6, 6.07) is 32.5. The van der Waals surface area contributed by atoms with E-state index >= 15 is 0 Å². The van der Waals surface area contributed by atoms with Gasteiger partial charge in [0.25, 0.3) is 11.8 Å². The van der Waals surface area contributed by atoms with E-state index < -0.39 is 11.7 Å². The Bertz CT molecular complexity index is 1810. The molecule has 9 nitrogen and oxygen atoms in total. The van der Waals surface area contributed by atoms with Gasteiger partial charge in [0.15, 0.2) is 12.2 Å². The molecule has 0 aromatic heterocycles. The van der Waals surface area contributed by atoms with Crippen LogP contribution >= 0.6 is 0 Å². The number of carbonyl (C=O) groups excluding carboxylic acids is 3. The number of hydrogen-bond donors (Lipinski definition) is 1. The summed E-state index contributed by atoms with van der Waals surface area (Å²) >= 11 is 0. The number of hydrogen-bond acceptors (Lipinski definition) is 6. The summed E-state index contributed by atoms with van der Waals surface area (Å²) in [5.41, 5.74) is 3.59. The Hall–Kier alpha value is -4.99. The van der Waals surface area contributed by atoms with Gasteiger partial charge in [0, 0.05) is 30.3 Å². The number of carbonyl (C=O) groups is 3. The molecule has 1 spiro atoms. The van der Waals surface area contributed by atoms with Gasteiger partial charge in [-0.3, -0.25) is 19.3 Å². The number of para-hydroxylation sites is 3. The van der Waals surface area contributed by atoms with Gasteiger partial charge in [-0.2, -0.15) is 0 Å². The van der Waals surface area contributed by atoms with Crippen LogP contribution in [0.3, 0.4) is 0 Å². The smallest absolute Gasteiger partial charge is 0.269 e. The van der Waals surface area contributed by atoms with Crippen LogP contribution in [0.25, 0.3) is 0 Å².